The van der Waals surface area contributed by atoms with Crippen LogP contribution in [0.1, 0.15) is 67.2 Å². The zero-order chi connectivity index (χ0) is 19.1. The number of ether oxygens (including phenoxy) is 3. The van der Waals surface area contributed by atoms with Gasteiger partial charge in [0.05, 0.1) is 18.3 Å². The highest BCUT2D eigenvalue weighted by Gasteiger charge is 2.55. The predicted octanol–water partition coefficient (Wildman–Crippen LogP) is 5.63. The van der Waals surface area contributed by atoms with Crippen LogP contribution in [0.5, 0.6) is 0 Å². The second-order valence-corrected chi connectivity index (χ2v) is 8.82. The summed E-state index contributed by atoms with van der Waals surface area (Å²) >= 11 is 0. The van der Waals surface area contributed by atoms with Gasteiger partial charge in [0.25, 0.3) is 0 Å². The van der Waals surface area contributed by atoms with Crippen molar-refractivity contribution in [3.8, 4) is 0 Å². The maximum atomic E-state index is 6.58. The van der Waals surface area contributed by atoms with E-state index in [0.717, 1.165) is 31.3 Å². The van der Waals surface area contributed by atoms with E-state index in [4.69, 9.17) is 14.2 Å². The second-order valence-electron chi connectivity index (χ2n) is 8.82. The first-order valence-corrected chi connectivity index (χ1v) is 9.83. The lowest BCUT2D eigenvalue weighted by Crippen LogP contribution is -2.52. The molecule has 0 saturated carbocycles. The highest BCUT2D eigenvalue weighted by Crippen LogP contribution is 2.45. The molecule has 0 aliphatic carbocycles. The van der Waals surface area contributed by atoms with Gasteiger partial charge in [-0.25, -0.2) is 0 Å². The Morgan fingerprint density at radius 3 is 2.58 bits per heavy atom. The van der Waals surface area contributed by atoms with Crippen molar-refractivity contribution in [1.82, 2.24) is 0 Å². The van der Waals surface area contributed by atoms with E-state index in [2.05, 4.69) is 52.5 Å². The summed E-state index contributed by atoms with van der Waals surface area (Å²) in [5.74, 6) is -0.611. The van der Waals surface area contributed by atoms with Crippen molar-refractivity contribution >= 4 is 0 Å². The lowest BCUT2D eigenvalue weighted by Gasteiger charge is -2.41. The molecule has 3 heteroatoms. The highest BCUT2D eigenvalue weighted by atomic mass is 16.8. The maximum absolute atomic E-state index is 6.58. The number of rotatable bonds is 1. The van der Waals surface area contributed by atoms with E-state index in [-0.39, 0.29) is 18.3 Å². The predicted molar refractivity (Wildman–Crippen MR) is 106 cm³/mol. The molecule has 144 valence electrons. The molecule has 0 N–H and O–H groups in total. The van der Waals surface area contributed by atoms with Crippen molar-refractivity contribution in [1.29, 1.82) is 0 Å². The van der Waals surface area contributed by atoms with E-state index in [1.807, 2.05) is 13.8 Å². The molecule has 1 saturated heterocycles. The minimum absolute atomic E-state index is 0.00180. The van der Waals surface area contributed by atoms with Crippen LogP contribution in [0, 0.1) is 0 Å². The average molecular weight is 359 g/mol. The van der Waals surface area contributed by atoms with Crippen LogP contribution in [0.3, 0.4) is 0 Å². The van der Waals surface area contributed by atoms with Gasteiger partial charge in [0, 0.05) is 6.42 Å². The summed E-state index contributed by atoms with van der Waals surface area (Å²) in [6.45, 7) is 16.8. The van der Waals surface area contributed by atoms with Gasteiger partial charge in [0.1, 0.15) is 5.60 Å². The summed E-state index contributed by atoms with van der Waals surface area (Å²) in [7, 11) is 0. The van der Waals surface area contributed by atoms with Gasteiger partial charge in [-0.1, -0.05) is 36.0 Å². The summed E-state index contributed by atoms with van der Waals surface area (Å²) < 4.78 is 19.4. The smallest absolute Gasteiger partial charge is 0.164 e. The monoisotopic (exact) mass is 358 g/mol. The zero-order valence-electron chi connectivity index (χ0n) is 17.2. The molecule has 0 spiro atoms. The summed E-state index contributed by atoms with van der Waals surface area (Å²) in [4.78, 5) is 0. The van der Waals surface area contributed by atoms with Gasteiger partial charge in [-0.3, -0.25) is 0 Å². The first kappa shape index (κ1) is 19.6. The molecule has 0 aromatic carbocycles. The van der Waals surface area contributed by atoms with Crippen LogP contribution in [-0.2, 0) is 14.2 Å². The molecule has 0 radical (unpaired) electrons. The molecule has 2 bridgehead atoms. The van der Waals surface area contributed by atoms with Gasteiger partial charge in [0.15, 0.2) is 5.79 Å². The molecule has 0 amide bonds. The van der Waals surface area contributed by atoms with Crippen LogP contribution in [0.4, 0.5) is 0 Å². The fourth-order valence-corrected chi connectivity index (χ4v) is 4.32. The topological polar surface area (TPSA) is 27.7 Å². The Morgan fingerprint density at radius 2 is 1.88 bits per heavy atom. The summed E-state index contributed by atoms with van der Waals surface area (Å²) in [6.07, 6.45) is 10.6. The fraction of sp³-hybridized carbons (Fsp3) is 0.652. The Balaban J connectivity index is 2.03. The van der Waals surface area contributed by atoms with E-state index in [1.54, 1.807) is 0 Å². The third-order valence-corrected chi connectivity index (χ3v) is 5.98. The molecule has 0 unspecified atom stereocenters. The molecule has 3 rings (SSSR count). The molecular weight excluding hydrogens is 324 g/mol. The third kappa shape index (κ3) is 3.90. The molecule has 0 aromatic rings. The summed E-state index contributed by atoms with van der Waals surface area (Å²) in [5, 5.41) is 0. The lowest BCUT2D eigenvalue weighted by atomic mass is 9.83. The van der Waals surface area contributed by atoms with E-state index in [9.17, 15) is 0 Å². The molecular formula is C23H34O3. The third-order valence-electron chi connectivity index (χ3n) is 5.98. The first-order chi connectivity index (χ1) is 12.1. The Labute approximate surface area is 158 Å². The molecule has 3 aliphatic heterocycles. The average Bonchev–Trinajstić information content (AvgIpc) is 2.78. The van der Waals surface area contributed by atoms with Crippen LogP contribution in [0.25, 0.3) is 0 Å². The maximum Gasteiger partial charge on any atom is 0.164 e. The number of fused-ring (bicyclic) bond motifs is 4. The Kier molecular flexibility index (Phi) is 5.35. The van der Waals surface area contributed by atoms with E-state index >= 15 is 0 Å². The van der Waals surface area contributed by atoms with Crippen LogP contribution in [0.15, 0.2) is 47.1 Å². The van der Waals surface area contributed by atoms with E-state index in [0.29, 0.717) is 0 Å². The Bertz CT molecular complexity index is 667. The van der Waals surface area contributed by atoms with Crippen molar-refractivity contribution in [2.45, 2.75) is 96.9 Å². The van der Waals surface area contributed by atoms with Crippen LogP contribution in [0.2, 0.25) is 0 Å². The van der Waals surface area contributed by atoms with Crippen LogP contribution >= 0.6 is 0 Å². The molecule has 4 atom stereocenters. The Hall–Kier alpha value is -1.16. The number of allylic oxidation sites excluding steroid dienone is 4. The minimum Gasteiger partial charge on any atom is -0.367 e. The second kappa shape index (κ2) is 7.10. The summed E-state index contributed by atoms with van der Waals surface area (Å²) in [5.41, 5.74) is 4.53. The van der Waals surface area contributed by atoms with Gasteiger partial charge in [-0.15, -0.1) is 0 Å². The highest BCUT2D eigenvalue weighted by molar-refractivity contribution is 5.33. The van der Waals surface area contributed by atoms with Crippen LogP contribution in [-0.4, -0.2) is 29.7 Å². The molecule has 3 heterocycles. The van der Waals surface area contributed by atoms with Crippen LogP contribution < -0.4 is 0 Å². The molecule has 26 heavy (non-hydrogen) atoms. The van der Waals surface area contributed by atoms with Crippen molar-refractivity contribution in [3.05, 3.63) is 47.1 Å². The van der Waals surface area contributed by atoms with Crippen molar-refractivity contribution in [2.75, 3.05) is 0 Å². The Morgan fingerprint density at radius 1 is 1.15 bits per heavy atom. The van der Waals surface area contributed by atoms with Gasteiger partial charge in [-0.2, -0.15) is 0 Å². The lowest BCUT2D eigenvalue weighted by molar-refractivity contribution is -0.193. The van der Waals surface area contributed by atoms with Crippen molar-refractivity contribution in [3.63, 3.8) is 0 Å². The van der Waals surface area contributed by atoms with Gasteiger partial charge in [-0.05, 0) is 72.0 Å². The fourth-order valence-electron chi connectivity index (χ4n) is 4.32. The number of hydrogen-bond donors (Lipinski definition) is 0. The van der Waals surface area contributed by atoms with E-state index in [1.165, 1.54) is 16.7 Å². The minimum atomic E-state index is -0.611. The summed E-state index contributed by atoms with van der Waals surface area (Å²) in [6, 6.07) is 0. The van der Waals surface area contributed by atoms with Gasteiger partial charge < -0.3 is 14.2 Å². The standard InChI is InChI=1S/C23H34O3/c1-15(2)18-11-8-16(3)9-12-19-17(4)10-13-20(24-19)23(7)21(14-18)25-22(5,6)26-23/h8,10-11,19-21H,1,9,12-14H2,2-7H3/b16-8+,18-11+/t19-,20+,21-,23+/m0/s1. The SMILES string of the molecule is C=C(C)/C1=C/C=C(\C)CC[C@@H]2O[C@H](CC=C2C)[C@@]2(C)OC(C)(C)O[C@H]2C1. The molecule has 3 aliphatic rings. The van der Waals surface area contributed by atoms with Crippen molar-refractivity contribution < 1.29 is 14.2 Å². The number of hydrogen-bond acceptors (Lipinski definition) is 3. The molecule has 3 nitrogen and oxygen atoms in total. The van der Waals surface area contributed by atoms with Gasteiger partial charge >= 0.3 is 0 Å². The van der Waals surface area contributed by atoms with Gasteiger partial charge in [0.2, 0.25) is 0 Å². The largest absolute Gasteiger partial charge is 0.367 e. The van der Waals surface area contributed by atoms with Crippen molar-refractivity contribution in [2.24, 2.45) is 0 Å². The zero-order valence-corrected chi connectivity index (χ0v) is 17.2. The first-order valence-electron chi connectivity index (χ1n) is 9.83. The normalized spacial score (nSPS) is 41.5. The quantitative estimate of drug-likeness (QED) is 0.568. The molecule has 0 aromatic heterocycles. The van der Waals surface area contributed by atoms with E-state index < -0.39 is 11.4 Å². The molecule has 1 fully saturated rings.